The van der Waals surface area contributed by atoms with Gasteiger partial charge in [0.1, 0.15) is 12.4 Å². The third kappa shape index (κ3) is 5.64. The standard InChI is InChI=1S/C28H28N2O4/c1-28(2)17-21-11-14-23(33-3)15-24(21)25(30-28)16-26(31)20-9-12-22(13-10-20)29-27(32)34-18-19-7-5-4-6-8-19/h4-16,30H,17-18H2,1-3H3,(H,29,32)/b25-16-. The lowest BCUT2D eigenvalue weighted by atomic mass is 9.85. The highest BCUT2D eigenvalue weighted by Gasteiger charge is 2.28. The highest BCUT2D eigenvalue weighted by atomic mass is 16.5. The van der Waals surface area contributed by atoms with Crippen LogP contribution in [0, 0.1) is 0 Å². The molecule has 0 radical (unpaired) electrons. The Balaban J connectivity index is 1.45. The van der Waals surface area contributed by atoms with Crippen molar-refractivity contribution < 1.29 is 19.1 Å². The molecular formula is C28H28N2O4. The van der Waals surface area contributed by atoms with Gasteiger partial charge < -0.3 is 14.8 Å². The second kappa shape index (κ2) is 9.83. The number of fused-ring (bicyclic) bond motifs is 1. The van der Waals surface area contributed by atoms with Crippen LogP contribution in [0.25, 0.3) is 5.70 Å². The van der Waals surface area contributed by atoms with Crippen LogP contribution < -0.4 is 15.4 Å². The molecule has 2 N–H and O–H groups in total. The van der Waals surface area contributed by atoms with Crippen molar-refractivity contribution in [2.24, 2.45) is 0 Å². The normalized spacial score (nSPS) is 15.1. The van der Waals surface area contributed by atoms with Gasteiger partial charge in [-0.05, 0) is 67.8 Å². The Kier molecular flexibility index (Phi) is 6.68. The number of hydrogen-bond donors (Lipinski definition) is 2. The molecule has 3 aromatic carbocycles. The monoisotopic (exact) mass is 456 g/mol. The second-order valence-corrected chi connectivity index (χ2v) is 8.90. The second-order valence-electron chi connectivity index (χ2n) is 8.90. The highest BCUT2D eigenvalue weighted by Crippen LogP contribution is 2.32. The summed E-state index contributed by atoms with van der Waals surface area (Å²) in [5.41, 5.74) is 4.69. The summed E-state index contributed by atoms with van der Waals surface area (Å²) in [5.74, 6) is 0.611. The van der Waals surface area contributed by atoms with Gasteiger partial charge in [0.25, 0.3) is 0 Å². The minimum Gasteiger partial charge on any atom is -0.497 e. The van der Waals surface area contributed by atoms with E-state index < -0.39 is 6.09 Å². The average Bonchev–Trinajstić information content (AvgIpc) is 2.83. The van der Waals surface area contributed by atoms with Crippen LogP contribution in [0.15, 0.2) is 78.9 Å². The van der Waals surface area contributed by atoms with Crippen molar-refractivity contribution >= 4 is 23.3 Å². The van der Waals surface area contributed by atoms with Crippen LogP contribution >= 0.6 is 0 Å². The molecule has 1 heterocycles. The molecule has 6 nitrogen and oxygen atoms in total. The summed E-state index contributed by atoms with van der Waals surface area (Å²) in [5, 5.41) is 6.16. The highest BCUT2D eigenvalue weighted by molar-refractivity contribution is 6.09. The molecule has 0 saturated carbocycles. The van der Waals surface area contributed by atoms with Gasteiger partial charge in [0.15, 0.2) is 5.78 Å². The van der Waals surface area contributed by atoms with Crippen molar-refractivity contribution in [1.82, 2.24) is 5.32 Å². The fourth-order valence-electron chi connectivity index (χ4n) is 3.96. The predicted octanol–water partition coefficient (Wildman–Crippen LogP) is 5.59. The minimum absolute atomic E-state index is 0.132. The summed E-state index contributed by atoms with van der Waals surface area (Å²) in [6.45, 7) is 4.40. The average molecular weight is 457 g/mol. The lowest BCUT2D eigenvalue weighted by molar-refractivity contribution is 0.104. The van der Waals surface area contributed by atoms with Gasteiger partial charge in [-0.3, -0.25) is 10.1 Å². The number of benzene rings is 3. The lowest BCUT2D eigenvalue weighted by Gasteiger charge is -2.35. The molecule has 0 fully saturated rings. The number of anilines is 1. The van der Waals surface area contributed by atoms with E-state index in [1.807, 2.05) is 48.5 Å². The Bertz CT molecular complexity index is 1210. The molecule has 0 aliphatic carbocycles. The predicted molar refractivity (Wildman–Crippen MR) is 133 cm³/mol. The third-order valence-electron chi connectivity index (χ3n) is 5.62. The van der Waals surface area contributed by atoms with Crippen LogP contribution in [0.1, 0.15) is 40.9 Å². The van der Waals surface area contributed by atoms with E-state index in [-0.39, 0.29) is 17.9 Å². The molecule has 1 aliphatic heterocycles. The Labute approximate surface area is 199 Å². The van der Waals surface area contributed by atoms with Crippen LogP contribution in [0.3, 0.4) is 0 Å². The molecule has 1 aliphatic rings. The van der Waals surface area contributed by atoms with E-state index in [2.05, 4.69) is 24.5 Å². The van der Waals surface area contributed by atoms with Gasteiger partial charge in [0.2, 0.25) is 0 Å². The molecule has 3 aromatic rings. The number of ketones is 1. The maximum atomic E-state index is 13.0. The number of carbonyl (C=O) groups is 2. The number of ether oxygens (including phenoxy) is 2. The zero-order chi connectivity index (χ0) is 24.1. The topological polar surface area (TPSA) is 76.7 Å². The number of nitrogens with one attached hydrogen (secondary N) is 2. The van der Waals surface area contributed by atoms with Gasteiger partial charge in [-0.25, -0.2) is 4.79 Å². The number of amides is 1. The smallest absolute Gasteiger partial charge is 0.411 e. The molecule has 0 spiro atoms. The van der Waals surface area contributed by atoms with E-state index in [1.54, 1.807) is 37.5 Å². The van der Waals surface area contributed by atoms with E-state index in [0.29, 0.717) is 11.3 Å². The first kappa shape index (κ1) is 23.1. The third-order valence-corrected chi connectivity index (χ3v) is 5.62. The van der Waals surface area contributed by atoms with Gasteiger partial charge in [-0.1, -0.05) is 36.4 Å². The number of methoxy groups -OCH3 is 1. The van der Waals surface area contributed by atoms with Crippen molar-refractivity contribution in [1.29, 1.82) is 0 Å². The van der Waals surface area contributed by atoms with E-state index in [9.17, 15) is 9.59 Å². The largest absolute Gasteiger partial charge is 0.497 e. The zero-order valence-corrected chi connectivity index (χ0v) is 19.6. The van der Waals surface area contributed by atoms with Gasteiger partial charge >= 0.3 is 6.09 Å². The van der Waals surface area contributed by atoms with Gasteiger partial charge in [0.05, 0.1) is 7.11 Å². The van der Waals surface area contributed by atoms with Crippen molar-refractivity contribution in [2.75, 3.05) is 12.4 Å². The van der Waals surface area contributed by atoms with E-state index >= 15 is 0 Å². The number of allylic oxidation sites excluding steroid dienone is 1. The molecule has 1 amide bonds. The minimum atomic E-state index is -0.552. The molecule has 6 heteroatoms. The summed E-state index contributed by atoms with van der Waals surface area (Å²) >= 11 is 0. The van der Waals surface area contributed by atoms with Crippen LogP contribution in [0.2, 0.25) is 0 Å². The first-order valence-corrected chi connectivity index (χ1v) is 11.1. The Hall–Kier alpha value is -4.06. The first-order chi connectivity index (χ1) is 16.3. The number of hydrogen-bond acceptors (Lipinski definition) is 5. The van der Waals surface area contributed by atoms with Gasteiger partial charge in [-0.2, -0.15) is 0 Å². The van der Waals surface area contributed by atoms with Crippen LogP contribution in [-0.2, 0) is 17.8 Å². The summed E-state index contributed by atoms with van der Waals surface area (Å²) < 4.78 is 10.6. The molecule has 0 saturated heterocycles. The van der Waals surface area contributed by atoms with Crippen LogP contribution in [0.4, 0.5) is 10.5 Å². The van der Waals surface area contributed by atoms with Crippen molar-refractivity contribution in [3.05, 3.63) is 101 Å². The zero-order valence-electron chi connectivity index (χ0n) is 19.6. The maximum Gasteiger partial charge on any atom is 0.411 e. The molecule has 0 atom stereocenters. The molecular weight excluding hydrogens is 428 g/mol. The molecule has 34 heavy (non-hydrogen) atoms. The van der Waals surface area contributed by atoms with E-state index in [1.165, 1.54) is 0 Å². The lowest BCUT2D eigenvalue weighted by Crippen LogP contribution is -2.43. The summed E-state index contributed by atoms with van der Waals surface area (Å²) in [6, 6.07) is 22.1. The Morgan fingerprint density at radius 2 is 1.76 bits per heavy atom. The van der Waals surface area contributed by atoms with E-state index in [0.717, 1.165) is 34.6 Å². The van der Waals surface area contributed by atoms with Crippen molar-refractivity contribution in [2.45, 2.75) is 32.4 Å². The SMILES string of the molecule is COc1ccc2c(c1)/C(=C/C(=O)c1ccc(NC(=O)OCc3ccccc3)cc1)NC(C)(C)C2. The molecule has 0 bridgehead atoms. The number of carbonyl (C=O) groups excluding carboxylic acids is 2. The Morgan fingerprint density at radius 3 is 2.47 bits per heavy atom. The van der Waals surface area contributed by atoms with E-state index in [4.69, 9.17) is 9.47 Å². The first-order valence-electron chi connectivity index (χ1n) is 11.1. The summed E-state index contributed by atoms with van der Waals surface area (Å²) in [7, 11) is 1.63. The molecule has 4 rings (SSSR count). The van der Waals surface area contributed by atoms with Crippen molar-refractivity contribution in [3.8, 4) is 5.75 Å². The Morgan fingerprint density at radius 1 is 1.03 bits per heavy atom. The molecule has 174 valence electrons. The summed E-state index contributed by atoms with van der Waals surface area (Å²) in [6.07, 6.45) is 1.91. The van der Waals surface area contributed by atoms with Crippen LogP contribution in [-0.4, -0.2) is 24.5 Å². The fraction of sp³-hybridized carbons (Fsp3) is 0.214. The maximum absolute atomic E-state index is 13.0. The number of rotatable bonds is 6. The molecule has 0 aromatic heterocycles. The summed E-state index contributed by atoms with van der Waals surface area (Å²) in [4.78, 5) is 25.1. The van der Waals surface area contributed by atoms with Crippen molar-refractivity contribution in [3.63, 3.8) is 0 Å². The van der Waals surface area contributed by atoms with Crippen LogP contribution in [0.5, 0.6) is 5.75 Å². The molecule has 0 unspecified atom stereocenters. The van der Waals surface area contributed by atoms with Gasteiger partial charge in [-0.15, -0.1) is 0 Å². The quantitative estimate of drug-likeness (QED) is 0.373. The fourth-order valence-corrected chi connectivity index (χ4v) is 3.96. The van der Waals surface area contributed by atoms with Gasteiger partial charge in [0, 0.05) is 34.1 Å².